The first-order chi connectivity index (χ1) is 16.5. The van der Waals surface area contributed by atoms with E-state index in [4.69, 9.17) is 9.15 Å². The zero-order valence-corrected chi connectivity index (χ0v) is 18.1. The third-order valence-corrected chi connectivity index (χ3v) is 5.56. The molecule has 0 bridgehead atoms. The summed E-state index contributed by atoms with van der Waals surface area (Å²) in [6, 6.07) is 12.4. The lowest BCUT2D eigenvalue weighted by atomic mass is 10.1. The first kappa shape index (κ1) is 22.2. The SMILES string of the molecule is Fc1cc(-c2nnc(C(F)F)o2)ccc1Cn1cc(-c2ccc(CN3CCOCC3)cc2)nn1. The molecule has 1 aliphatic heterocycles. The van der Waals surface area contributed by atoms with E-state index in [1.54, 1.807) is 6.20 Å². The fraction of sp³-hybridized carbons (Fsp3) is 0.304. The lowest BCUT2D eigenvalue weighted by molar-refractivity contribution is 0.0342. The van der Waals surface area contributed by atoms with Gasteiger partial charge in [0, 0.05) is 36.3 Å². The number of hydrogen-bond acceptors (Lipinski definition) is 7. The maximum Gasteiger partial charge on any atom is 0.314 e. The molecule has 8 nitrogen and oxygen atoms in total. The van der Waals surface area contributed by atoms with Gasteiger partial charge in [0.1, 0.15) is 11.5 Å². The molecule has 4 aromatic rings. The molecule has 0 spiro atoms. The van der Waals surface area contributed by atoms with Gasteiger partial charge >= 0.3 is 6.43 Å². The standard InChI is InChI=1S/C23H21F3N6O2/c24-19-11-17(22-28-29-23(34-22)21(25)26)5-6-18(19)13-32-14-20(27-30-32)16-3-1-15(2-4-16)12-31-7-9-33-10-8-31/h1-6,11,14,21H,7-10,12-13H2. The van der Waals surface area contributed by atoms with Gasteiger partial charge in [-0.15, -0.1) is 15.3 Å². The quantitative estimate of drug-likeness (QED) is 0.405. The Bertz CT molecular complexity index is 1250. The Kier molecular flexibility index (Phi) is 6.37. The van der Waals surface area contributed by atoms with Gasteiger partial charge in [0.25, 0.3) is 5.89 Å². The van der Waals surface area contributed by atoms with Crippen molar-refractivity contribution >= 4 is 0 Å². The minimum Gasteiger partial charge on any atom is -0.415 e. The smallest absolute Gasteiger partial charge is 0.314 e. The summed E-state index contributed by atoms with van der Waals surface area (Å²) in [5.41, 5.74) is 3.38. The molecule has 0 aliphatic carbocycles. The van der Waals surface area contributed by atoms with E-state index in [9.17, 15) is 13.2 Å². The van der Waals surface area contributed by atoms with E-state index < -0.39 is 18.1 Å². The summed E-state index contributed by atoms with van der Waals surface area (Å²) in [4.78, 5) is 2.35. The van der Waals surface area contributed by atoms with E-state index in [1.807, 2.05) is 12.1 Å². The van der Waals surface area contributed by atoms with Crippen LogP contribution in [0.15, 0.2) is 53.1 Å². The van der Waals surface area contributed by atoms with Crippen LogP contribution in [0, 0.1) is 5.82 Å². The molecule has 0 radical (unpaired) electrons. The number of aromatic nitrogens is 5. The lowest BCUT2D eigenvalue weighted by Gasteiger charge is -2.26. The highest BCUT2D eigenvalue weighted by Gasteiger charge is 2.18. The minimum atomic E-state index is -2.88. The first-order valence-electron chi connectivity index (χ1n) is 10.7. The summed E-state index contributed by atoms with van der Waals surface area (Å²) >= 11 is 0. The van der Waals surface area contributed by atoms with Crippen LogP contribution in [0.3, 0.4) is 0 Å². The summed E-state index contributed by atoms with van der Waals surface area (Å²) in [7, 11) is 0. The van der Waals surface area contributed by atoms with Gasteiger partial charge in [-0.05, 0) is 17.7 Å². The van der Waals surface area contributed by atoms with Crippen molar-refractivity contribution in [3.8, 4) is 22.7 Å². The van der Waals surface area contributed by atoms with Crippen molar-refractivity contribution in [1.29, 1.82) is 0 Å². The van der Waals surface area contributed by atoms with Crippen molar-refractivity contribution < 1.29 is 22.3 Å². The zero-order valence-electron chi connectivity index (χ0n) is 18.1. The summed E-state index contributed by atoms with van der Waals surface area (Å²) < 4.78 is 51.7. The number of hydrogen-bond donors (Lipinski definition) is 0. The topological polar surface area (TPSA) is 82.1 Å². The normalized spacial score (nSPS) is 14.7. The molecular weight excluding hydrogens is 449 g/mol. The number of benzene rings is 2. The first-order valence-corrected chi connectivity index (χ1v) is 10.7. The Morgan fingerprint density at radius 1 is 0.912 bits per heavy atom. The van der Waals surface area contributed by atoms with Gasteiger partial charge < -0.3 is 9.15 Å². The number of nitrogens with zero attached hydrogens (tertiary/aromatic N) is 6. The van der Waals surface area contributed by atoms with E-state index >= 15 is 0 Å². The van der Waals surface area contributed by atoms with E-state index in [1.165, 1.54) is 28.4 Å². The van der Waals surface area contributed by atoms with Gasteiger partial charge in [-0.25, -0.2) is 9.07 Å². The second-order valence-electron chi connectivity index (χ2n) is 7.94. The molecule has 3 heterocycles. The predicted molar refractivity (Wildman–Crippen MR) is 115 cm³/mol. The summed E-state index contributed by atoms with van der Waals surface area (Å²) in [6.45, 7) is 4.42. The lowest BCUT2D eigenvalue weighted by Crippen LogP contribution is -2.35. The van der Waals surface area contributed by atoms with Crippen LogP contribution in [0.1, 0.15) is 23.4 Å². The van der Waals surface area contributed by atoms with Crippen LogP contribution in [0.5, 0.6) is 0 Å². The van der Waals surface area contributed by atoms with Crippen LogP contribution < -0.4 is 0 Å². The van der Waals surface area contributed by atoms with Crippen LogP contribution in [0.4, 0.5) is 13.2 Å². The molecule has 0 saturated carbocycles. The highest BCUT2D eigenvalue weighted by atomic mass is 19.3. The van der Waals surface area contributed by atoms with Crippen molar-refractivity contribution in [3.63, 3.8) is 0 Å². The molecule has 2 aromatic carbocycles. The number of alkyl halides is 2. The second-order valence-corrected chi connectivity index (χ2v) is 7.94. The third kappa shape index (κ3) is 5.00. The summed E-state index contributed by atoms with van der Waals surface area (Å²) in [5, 5.41) is 15.1. The Labute approximate surface area is 193 Å². The largest absolute Gasteiger partial charge is 0.415 e. The molecule has 34 heavy (non-hydrogen) atoms. The van der Waals surface area contributed by atoms with Gasteiger partial charge in [-0.3, -0.25) is 4.90 Å². The Morgan fingerprint density at radius 2 is 1.68 bits per heavy atom. The number of morpholine rings is 1. The van der Waals surface area contributed by atoms with E-state index in [-0.39, 0.29) is 18.0 Å². The maximum atomic E-state index is 14.6. The fourth-order valence-electron chi connectivity index (χ4n) is 3.73. The molecule has 1 fully saturated rings. The van der Waals surface area contributed by atoms with Gasteiger partial charge in [0.05, 0.1) is 26.0 Å². The van der Waals surface area contributed by atoms with Crippen molar-refractivity contribution in [2.75, 3.05) is 26.3 Å². The Balaban J connectivity index is 1.25. The molecule has 2 aromatic heterocycles. The average molecular weight is 470 g/mol. The average Bonchev–Trinajstić information content (AvgIpc) is 3.52. The van der Waals surface area contributed by atoms with Crippen molar-refractivity contribution in [1.82, 2.24) is 30.1 Å². The monoisotopic (exact) mass is 470 g/mol. The van der Waals surface area contributed by atoms with Crippen LogP contribution in [0.25, 0.3) is 22.7 Å². The zero-order chi connectivity index (χ0) is 23.5. The van der Waals surface area contributed by atoms with Gasteiger partial charge in [-0.2, -0.15) is 8.78 Å². The molecule has 176 valence electrons. The van der Waals surface area contributed by atoms with Gasteiger partial charge in [0.15, 0.2) is 0 Å². The number of ether oxygens (including phenoxy) is 1. The van der Waals surface area contributed by atoms with Crippen molar-refractivity contribution in [2.45, 2.75) is 19.5 Å². The molecule has 1 aliphatic rings. The van der Waals surface area contributed by atoms with E-state index in [2.05, 4.69) is 37.5 Å². The number of rotatable bonds is 7. The summed E-state index contributed by atoms with van der Waals surface area (Å²) in [6.07, 6.45) is -1.13. The highest BCUT2D eigenvalue weighted by molar-refractivity contribution is 5.58. The van der Waals surface area contributed by atoms with E-state index in [0.717, 1.165) is 38.4 Å². The van der Waals surface area contributed by atoms with E-state index in [0.29, 0.717) is 11.3 Å². The highest BCUT2D eigenvalue weighted by Crippen LogP contribution is 2.25. The molecule has 5 rings (SSSR count). The molecule has 0 unspecified atom stereocenters. The molecule has 11 heteroatoms. The van der Waals surface area contributed by atoms with Crippen molar-refractivity contribution in [3.05, 3.63) is 71.5 Å². The molecule has 0 amide bonds. The van der Waals surface area contributed by atoms with Crippen molar-refractivity contribution in [2.24, 2.45) is 0 Å². The van der Waals surface area contributed by atoms with Gasteiger partial charge in [0.2, 0.25) is 5.89 Å². The second kappa shape index (κ2) is 9.74. The third-order valence-electron chi connectivity index (χ3n) is 5.56. The number of halogens is 3. The molecular formula is C23H21F3N6O2. The molecule has 0 N–H and O–H groups in total. The van der Waals surface area contributed by atoms with Crippen LogP contribution in [-0.2, 0) is 17.8 Å². The van der Waals surface area contributed by atoms with Crippen LogP contribution in [-0.4, -0.2) is 56.4 Å². The van der Waals surface area contributed by atoms with Crippen LogP contribution >= 0.6 is 0 Å². The predicted octanol–water partition coefficient (Wildman–Crippen LogP) is 3.95. The van der Waals surface area contributed by atoms with Gasteiger partial charge in [-0.1, -0.05) is 35.5 Å². The molecule has 0 atom stereocenters. The van der Waals surface area contributed by atoms with Crippen LogP contribution in [0.2, 0.25) is 0 Å². The summed E-state index contributed by atoms with van der Waals surface area (Å²) in [5.74, 6) is -1.51. The Hall–Kier alpha value is -3.57. The molecule has 1 saturated heterocycles. The maximum absolute atomic E-state index is 14.6. The Morgan fingerprint density at radius 3 is 2.38 bits per heavy atom. The fourth-order valence-corrected chi connectivity index (χ4v) is 3.73. The minimum absolute atomic E-state index is 0.153.